The number of alkyl halides is 3. The van der Waals surface area contributed by atoms with Crippen LogP contribution in [0.25, 0.3) is 17.1 Å². The molecule has 0 saturated carbocycles. The number of thioether (sulfide) groups is 1. The van der Waals surface area contributed by atoms with Gasteiger partial charge in [-0.1, -0.05) is 62.9 Å². The van der Waals surface area contributed by atoms with Gasteiger partial charge in [-0.25, -0.2) is 14.5 Å². The zero-order chi connectivity index (χ0) is 33.7. The highest BCUT2D eigenvalue weighted by Gasteiger charge is 2.31. The first-order valence-corrected chi connectivity index (χ1v) is 16.3. The number of amides is 2. The van der Waals surface area contributed by atoms with Crippen LogP contribution in [0.1, 0.15) is 57.1 Å². The highest BCUT2D eigenvalue weighted by atomic mass is 32.2. The Hall–Kier alpha value is -4.52. The molecule has 1 fully saturated rings. The number of methoxy groups -OCH3 is 1. The Balaban J connectivity index is 1.24. The van der Waals surface area contributed by atoms with E-state index in [1.807, 2.05) is 50.2 Å². The van der Waals surface area contributed by atoms with Crippen molar-refractivity contribution >= 4 is 28.6 Å². The summed E-state index contributed by atoms with van der Waals surface area (Å²) in [5.74, 6) is 2.07. The van der Waals surface area contributed by atoms with Gasteiger partial charge in [0.05, 0.1) is 12.8 Å². The Bertz CT molecular complexity index is 1710. The van der Waals surface area contributed by atoms with E-state index in [1.165, 1.54) is 40.8 Å². The topological polar surface area (TPSA) is 93.9 Å². The number of anilines is 1. The molecule has 47 heavy (non-hydrogen) atoms. The first kappa shape index (κ1) is 33.8. The third-order valence-electron chi connectivity index (χ3n) is 7.96. The van der Waals surface area contributed by atoms with Crippen molar-refractivity contribution in [1.82, 2.24) is 20.1 Å². The molecular weight excluding hydrogens is 629 g/mol. The second-order valence-electron chi connectivity index (χ2n) is 11.5. The van der Waals surface area contributed by atoms with Gasteiger partial charge >= 0.3 is 12.4 Å². The van der Waals surface area contributed by atoms with Crippen molar-refractivity contribution < 1.29 is 27.4 Å². The summed E-state index contributed by atoms with van der Waals surface area (Å²) in [6.45, 7) is 9.05. The average Bonchev–Trinajstić information content (AvgIpc) is 3.54. The van der Waals surface area contributed by atoms with Gasteiger partial charge in [-0.15, -0.1) is 18.3 Å². The summed E-state index contributed by atoms with van der Waals surface area (Å²) >= 11 is 1.58. The summed E-state index contributed by atoms with van der Waals surface area (Å²) in [7, 11) is 1.65. The lowest BCUT2D eigenvalue weighted by atomic mass is 9.93. The lowest BCUT2D eigenvalue weighted by Gasteiger charge is -2.32. The van der Waals surface area contributed by atoms with Crippen molar-refractivity contribution in [3.63, 3.8) is 0 Å². The molecule has 1 aliphatic heterocycles. The monoisotopic (exact) mass is 666 g/mol. The van der Waals surface area contributed by atoms with Gasteiger partial charge in [0.25, 0.3) is 0 Å². The van der Waals surface area contributed by atoms with Crippen molar-refractivity contribution in [1.29, 1.82) is 0 Å². The smallest absolute Gasteiger partial charge is 0.497 e. The Kier molecular flexibility index (Phi) is 10.4. The highest BCUT2D eigenvalue weighted by Crippen LogP contribution is 2.35. The standard InChI is InChI=1S/C34H37F3N6O3S/c1-21(2)29-16-15-28(45-5)19-30(29)42-17-6-18-47-33(42)40-32(44)39-23(4)22(3)24-7-9-25(10-8-24)31-38-20-43(41-31)26-11-13-27(14-12-26)46-34(35,36)37/h7-16,19-23H,6,17-18H2,1-5H3,(H,39,44). The largest absolute Gasteiger partial charge is 0.573 e. The zero-order valence-corrected chi connectivity index (χ0v) is 27.6. The van der Waals surface area contributed by atoms with Crippen LogP contribution in [-0.4, -0.2) is 57.8 Å². The second kappa shape index (κ2) is 14.5. The number of rotatable bonds is 9. The fraction of sp³-hybridized carbons (Fsp3) is 0.353. The van der Waals surface area contributed by atoms with Gasteiger partial charge in [0, 0.05) is 41.6 Å². The number of aromatic nitrogens is 3. The normalized spacial score (nSPS) is 15.9. The van der Waals surface area contributed by atoms with Gasteiger partial charge < -0.3 is 19.7 Å². The molecule has 2 unspecified atom stereocenters. The predicted molar refractivity (Wildman–Crippen MR) is 179 cm³/mol. The number of carbonyl (C=O) groups is 1. The molecular formula is C34H37F3N6O3S. The van der Waals surface area contributed by atoms with Crippen molar-refractivity contribution in [3.05, 3.63) is 84.2 Å². The lowest BCUT2D eigenvalue weighted by molar-refractivity contribution is -0.274. The van der Waals surface area contributed by atoms with E-state index < -0.39 is 12.4 Å². The zero-order valence-electron chi connectivity index (χ0n) is 26.8. The minimum atomic E-state index is -4.75. The first-order chi connectivity index (χ1) is 22.4. The van der Waals surface area contributed by atoms with E-state index in [1.54, 1.807) is 18.9 Å². The van der Waals surface area contributed by atoms with Crippen LogP contribution in [0.3, 0.4) is 0 Å². The molecule has 1 aliphatic rings. The number of urea groups is 1. The molecule has 13 heteroatoms. The fourth-order valence-electron chi connectivity index (χ4n) is 5.23. The minimum absolute atomic E-state index is 0.0165. The third-order valence-corrected chi connectivity index (χ3v) is 9.02. The lowest BCUT2D eigenvalue weighted by Crippen LogP contribution is -2.39. The number of aliphatic imine (C=N–C) groups is 1. The maximum Gasteiger partial charge on any atom is 0.573 e. The van der Waals surface area contributed by atoms with Crippen LogP contribution < -0.4 is 19.7 Å². The van der Waals surface area contributed by atoms with Gasteiger partial charge in [0.2, 0.25) is 0 Å². The Morgan fingerprint density at radius 2 is 1.70 bits per heavy atom. The van der Waals surface area contributed by atoms with Crippen LogP contribution in [0.15, 0.2) is 78.0 Å². The molecule has 2 atom stereocenters. The van der Waals surface area contributed by atoms with Crippen LogP contribution in [0.2, 0.25) is 0 Å². The molecule has 1 aromatic heterocycles. The fourth-order valence-corrected chi connectivity index (χ4v) is 6.18. The number of nitrogens with zero attached hydrogens (tertiary/aromatic N) is 5. The van der Waals surface area contributed by atoms with Gasteiger partial charge in [-0.05, 0) is 60.7 Å². The maximum absolute atomic E-state index is 13.2. The first-order valence-electron chi connectivity index (χ1n) is 15.3. The number of halogens is 3. The second-order valence-corrected chi connectivity index (χ2v) is 12.6. The van der Waals surface area contributed by atoms with E-state index in [9.17, 15) is 18.0 Å². The molecule has 4 aromatic rings. The molecule has 3 aromatic carbocycles. The SMILES string of the molecule is COc1ccc(C(C)C)c(N2CCCSC2=NC(=O)NC(C)C(C)c2ccc(-c3ncn(-c4ccc(OC(F)(F)F)cc4)n3)cc2)c1. The molecule has 0 aliphatic carbocycles. The summed E-state index contributed by atoms with van der Waals surface area (Å²) in [6.07, 6.45) is -2.28. The van der Waals surface area contributed by atoms with Gasteiger partial charge in [-0.3, -0.25) is 0 Å². The summed E-state index contributed by atoms with van der Waals surface area (Å²) in [5, 5.41) is 8.19. The number of ether oxygens (including phenoxy) is 2. The quantitative estimate of drug-likeness (QED) is 0.193. The van der Waals surface area contributed by atoms with Crippen molar-refractivity contribution in [2.75, 3.05) is 24.3 Å². The van der Waals surface area contributed by atoms with E-state index in [0.717, 1.165) is 41.3 Å². The molecule has 0 spiro atoms. The molecule has 2 heterocycles. The molecule has 0 radical (unpaired) electrons. The van der Waals surface area contributed by atoms with Crippen molar-refractivity contribution in [2.24, 2.45) is 4.99 Å². The molecule has 1 saturated heterocycles. The van der Waals surface area contributed by atoms with Crippen LogP contribution in [0.4, 0.5) is 23.7 Å². The number of hydrogen-bond acceptors (Lipinski definition) is 6. The molecule has 248 valence electrons. The summed E-state index contributed by atoms with van der Waals surface area (Å²) in [4.78, 5) is 24.2. The number of amidine groups is 1. The predicted octanol–water partition coefficient (Wildman–Crippen LogP) is 8.17. The van der Waals surface area contributed by atoms with E-state index >= 15 is 0 Å². The van der Waals surface area contributed by atoms with E-state index in [0.29, 0.717) is 22.6 Å². The minimum Gasteiger partial charge on any atom is -0.497 e. The van der Waals surface area contributed by atoms with Gasteiger partial charge in [-0.2, -0.15) is 4.99 Å². The Morgan fingerprint density at radius 1 is 1.00 bits per heavy atom. The highest BCUT2D eigenvalue weighted by molar-refractivity contribution is 8.14. The molecule has 0 bridgehead atoms. The van der Waals surface area contributed by atoms with Crippen LogP contribution in [0.5, 0.6) is 11.5 Å². The molecule has 1 N–H and O–H groups in total. The number of hydrogen-bond donors (Lipinski definition) is 1. The summed E-state index contributed by atoms with van der Waals surface area (Å²) in [5.41, 5.74) is 4.50. The molecule has 5 rings (SSSR count). The average molecular weight is 667 g/mol. The van der Waals surface area contributed by atoms with E-state index in [-0.39, 0.29) is 17.7 Å². The van der Waals surface area contributed by atoms with Crippen molar-refractivity contribution in [2.45, 2.75) is 58.4 Å². The molecule has 9 nitrogen and oxygen atoms in total. The van der Waals surface area contributed by atoms with E-state index in [4.69, 9.17) is 4.74 Å². The number of benzene rings is 3. The number of carbonyl (C=O) groups excluding carboxylic acids is 1. The number of nitrogens with one attached hydrogen (secondary N) is 1. The maximum atomic E-state index is 13.2. The Labute approximate surface area is 276 Å². The van der Waals surface area contributed by atoms with Gasteiger partial charge in [0.1, 0.15) is 17.8 Å². The van der Waals surface area contributed by atoms with Crippen molar-refractivity contribution in [3.8, 4) is 28.6 Å². The van der Waals surface area contributed by atoms with Crippen LogP contribution in [0, 0.1) is 0 Å². The summed E-state index contributed by atoms with van der Waals surface area (Å²) < 4.78 is 48.3. The van der Waals surface area contributed by atoms with Crippen LogP contribution >= 0.6 is 11.8 Å². The Morgan fingerprint density at radius 3 is 2.36 bits per heavy atom. The summed E-state index contributed by atoms with van der Waals surface area (Å²) in [6, 6.07) is 18.6. The third kappa shape index (κ3) is 8.45. The van der Waals surface area contributed by atoms with E-state index in [2.05, 4.69) is 49.9 Å². The van der Waals surface area contributed by atoms with Crippen LogP contribution in [-0.2, 0) is 0 Å². The van der Waals surface area contributed by atoms with Gasteiger partial charge in [0.15, 0.2) is 11.0 Å². The molecule has 2 amide bonds.